The van der Waals surface area contributed by atoms with Crippen molar-refractivity contribution in [3.8, 4) is 0 Å². The maximum Gasteiger partial charge on any atom is 0.167 e. The molecular formula is C13H15FN2O. The van der Waals surface area contributed by atoms with Crippen LogP contribution < -0.4 is 5.32 Å². The molecule has 0 radical (unpaired) electrons. The van der Waals surface area contributed by atoms with E-state index in [0.717, 1.165) is 37.0 Å². The van der Waals surface area contributed by atoms with E-state index in [-0.39, 0.29) is 0 Å². The molecule has 2 aromatic rings. The lowest BCUT2D eigenvalue weighted by molar-refractivity contribution is 0.404. The van der Waals surface area contributed by atoms with Gasteiger partial charge in [-0.2, -0.15) is 0 Å². The van der Waals surface area contributed by atoms with Crippen LogP contribution >= 0.6 is 0 Å². The summed E-state index contributed by atoms with van der Waals surface area (Å²) in [5.74, 6) is 0.466. The van der Waals surface area contributed by atoms with E-state index < -0.39 is 6.67 Å². The zero-order valence-corrected chi connectivity index (χ0v) is 9.58. The Morgan fingerprint density at radius 3 is 2.94 bits per heavy atom. The van der Waals surface area contributed by atoms with Crippen molar-refractivity contribution in [2.45, 2.75) is 25.4 Å². The number of nitrogens with one attached hydrogen (secondary N) is 1. The second-order valence-electron chi connectivity index (χ2n) is 4.56. The molecule has 1 fully saturated rings. The molecule has 1 aromatic heterocycles. The van der Waals surface area contributed by atoms with Crippen molar-refractivity contribution in [1.82, 2.24) is 10.5 Å². The van der Waals surface area contributed by atoms with Gasteiger partial charge in [0.15, 0.2) is 5.58 Å². The van der Waals surface area contributed by atoms with E-state index in [4.69, 9.17) is 4.52 Å². The summed E-state index contributed by atoms with van der Waals surface area (Å²) >= 11 is 0. The van der Waals surface area contributed by atoms with Crippen LogP contribution in [0.4, 0.5) is 4.39 Å². The van der Waals surface area contributed by atoms with Gasteiger partial charge in [0.2, 0.25) is 0 Å². The minimum Gasteiger partial charge on any atom is -0.356 e. The van der Waals surface area contributed by atoms with Gasteiger partial charge >= 0.3 is 0 Å². The fourth-order valence-corrected chi connectivity index (χ4v) is 2.47. The van der Waals surface area contributed by atoms with Gasteiger partial charge in [-0.15, -0.1) is 0 Å². The van der Waals surface area contributed by atoms with Crippen molar-refractivity contribution in [2.75, 3.05) is 13.1 Å². The lowest BCUT2D eigenvalue weighted by Gasteiger charge is -2.20. The van der Waals surface area contributed by atoms with Crippen LogP contribution in [0, 0.1) is 0 Å². The smallest absolute Gasteiger partial charge is 0.167 e. The third-order valence-corrected chi connectivity index (χ3v) is 3.44. The molecule has 0 amide bonds. The van der Waals surface area contributed by atoms with Crippen molar-refractivity contribution in [3.05, 3.63) is 29.5 Å². The number of piperidine rings is 1. The average Bonchev–Trinajstić information content (AvgIpc) is 2.82. The van der Waals surface area contributed by atoms with Crippen molar-refractivity contribution in [2.24, 2.45) is 0 Å². The minimum atomic E-state index is -0.459. The van der Waals surface area contributed by atoms with Crippen molar-refractivity contribution >= 4 is 11.0 Å². The molecule has 3 rings (SSSR count). The zero-order valence-electron chi connectivity index (χ0n) is 9.58. The number of alkyl halides is 1. The van der Waals surface area contributed by atoms with E-state index in [1.807, 2.05) is 12.1 Å². The number of halogens is 1. The van der Waals surface area contributed by atoms with Gasteiger partial charge in [-0.05, 0) is 43.6 Å². The third-order valence-electron chi connectivity index (χ3n) is 3.44. The van der Waals surface area contributed by atoms with Crippen LogP contribution in [0.3, 0.4) is 0 Å². The van der Waals surface area contributed by atoms with Gasteiger partial charge in [-0.1, -0.05) is 11.2 Å². The van der Waals surface area contributed by atoms with Crippen molar-refractivity contribution in [1.29, 1.82) is 0 Å². The molecule has 1 aliphatic rings. The van der Waals surface area contributed by atoms with Crippen molar-refractivity contribution < 1.29 is 8.91 Å². The molecule has 1 aliphatic heterocycles. The van der Waals surface area contributed by atoms with Gasteiger partial charge in [0.05, 0.1) is 5.69 Å². The Morgan fingerprint density at radius 2 is 2.18 bits per heavy atom. The van der Waals surface area contributed by atoms with E-state index in [1.54, 1.807) is 6.07 Å². The van der Waals surface area contributed by atoms with Crippen LogP contribution in [0.2, 0.25) is 0 Å². The zero-order chi connectivity index (χ0) is 11.7. The second kappa shape index (κ2) is 4.45. The summed E-state index contributed by atoms with van der Waals surface area (Å²) in [4.78, 5) is 0. The van der Waals surface area contributed by atoms with E-state index in [1.165, 1.54) is 0 Å². The van der Waals surface area contributed by atoms with Crippen LogP contribution in [0.15, 0.2) is 22.7 Å². The molecule has 1 N–H and O–H groups in total. The quantitative estimate of drug-likeness (QED) is 0.868. The Hall–Kier alpha value is -1.42. The molecule has 1 saturated heterocycles. The number of benzene rings is 1. The Bertz CT molecular complexity index is 517. The van der Waals surface area contributed by atoms with Gasteiger partial charge in [-0.3, -0.25) is 0 Å². The summed E-state index contributed by atoms with van der Waals surface area (Å²) in [6.07, 6.45) is 2.18. The van der Waals surface area contributed by atoms with Crippen LogP contribution in [-0.4, -0.2) is 18.2 Å². The number of hydrogen-bond acceptors (Lipinski definition) is 3. The number of rotatable bonds is 2. The summed E-state index contributed by atoms with van der Waals surface area (Å²) in [5.41, 5.74) is 2.38. The predicted octanol–water partition coefficient (Wildman–Crippen LogP) is 2.76. The summed E-state index contributed by atoms with van der Waals surface area (Å²) in [6, 6.07) is 5.48. The standard InChI is InChI=1S/C13H15FN2O/c14-8-9-1-2-11-12(7-9)17-16-13(11)10-3-5-15-6-4-10/h1-2,7,10,15H,3-6,8H2. The highest BCUT2D eigenvalue weighted by atomic mass is 19.1. The van der Waals surface area contributed by atoms with Gasteiger partial charge < -0.3 is 9.84 Å². The van der Waals surface area contributed by atoms with Gasteiger partial charge in [0.25, 0.3) is 0 Å². The Balaban J connectivity index is 1.99. The Morgan fingerprint density at radius 1 is 1.35 bits per heavy atom. The topological polar surface area (TPSA) is 38.1 Å². The molecule has 17 heavy (non-hydrogen) atoms. The minimum absolute atomic E-state index is 0.459. The molecule has 4 heteroatoms. The SMILES string of the molecule is FCc1ccc2c(C3CCNCC3)noc2c1. The molecule has 0 bridgehead atoms. The molecule has 0 unspecified atom stereocenters. The average molecular weight is 234 g/mol. The highest BCUT2D eigenvalue weighted by molar-refractivity contribution is 5.80. The first-order chi connectivity index (χ1) is 8.38. The van der Waals surface area contributed by atoms with Crippen LogP contribution in [0.25, 0.3) is 11.0 Å². The first kappa shape index (κ1) is 10.7. The molecular weight excluding hydrogens is 219 g/mol. The molecule has 90 valence electrons. The van der Waals surface area contributed by atoms with E-state index in [9.17, 15) is 4.39 Å². The number of nitrogens with zero attached hydrogens (tertiary/aromatic N) is 1. The normalized spacial score (nSPS) is 17.7. The van der Waals surface area contributed by atoms with E-state index in [0.29, 0.717) is 17.1 Å². The molecule has 2 heterocycles. The highest BCUT2D eigenvalue weighted by Gasteiger charge is 2.21. The van der Waals surface area contributed by atoms with Gasteiger partial charge in [0.1, 0.15) is 6.67 Å². The molecule has 3 nitrogen and oxygen atoms in total. The summed E-state index contributed by atoms with van der Waals surface area (Å²) in [6.45, 7) is 1.60. The third kappa shape index (κ3) is 1.93. The first-order valence-electron chi connectivity index (χ1n) is 6.03. The number of aromatic nitrogens is 1. The molecule has 0 atom stereocenters. The van der Waals surface area contributed by atoms with Crippen LogP contribution in [0.5, 0.6) is 0 Å². The fraction of sp³-hybridized carbons (Fsp3) is 0.462. The van der Waals surface area contributed by atoms with Gasteiger partial charge in [-0.25, -0.2) is 4.39 Å². The summed E-state index contributed by atoms with van der Waals surface area (Å²) in [7, 11) is 0. The maximum atomic E-state index is 12.5. The highest BCUT2D eigenvalue weighted by Crippen LogP contribution is 2.31. The Kier molecular flexibility index (Phi) is 2.81. The predicted molar refractivity (Wildman–Crippen MR) is 63.7 cm³/mol. The molecule has 1 aromatic carbocycles. The lowest BCUT2D eigenvalue weighted by atomic mass is 9.92. The number of hydrogen-bond donors (Lipinski definition) is 1. The fourth-order valence-electron chi connectivity index (χ4n) is 2.47. The summed E-state index contributed by atoms with van der Waals surface area (Å²) in [5, 5.41) is 8.54. The van der Waals surface area contributed by atoms with Crippen molar-refractivity contribution in [3.63, 3.8) is 0 Å². The largest absolute Gasteiger partial charge is 0.356 e. The monoisotopic (exact) mass is 234 g/mol. The van der Waals surface area contributed by atoms with Crippen LogP contribution in [0.1, 0.15) is 30.0 Å². The lowest BCUT2D eigenvalue weighted by Crippen LogP contribution is -2.26. The molecule has 0 aliphatic carbocycles. The summed E-state index contributed by atoms with van der Waals surface area (Å²) < 4.78 is 17.9. The first-order valence-corrected chi connectivity index (χ1v) is 6.03. The number of fused-ring (bicyclic) bond motifs is 1. The Labute approximate surface area is 99.0 Å². The van der Waals surface area contributed by atoms with Gasteiger partial charge in [0, 0.05) is 11.3 Å². The molecule has 0 spiro atoms. The second-order valence-corrected chi connectivity index (χ2v) is 4.56. The van der Waals surface area contributed by atoms with E-state index in [2.05, 4.69) is 10.5 Å². The molecule has 0 saturated carbocycles. The maximum absolute atomic E-state index is 12.5. The van der Waals surface area contributed by atoms with E-state index >= 15 is 0 Å². The van der Waals surface area contributed by atoms with Crippen LogP contribution in [-0.2, 0) is 6.67 Å².